The maximum Gasteiger partial charge on any atom is 0.492 e. The third kappa shape index (κ3) is 7.07. The summed E-state index contributed by atoms with van der Waals surface area (Å²) in [5, 5.41) is 43.8. The van der Waals surface area contributed by atoms with Gasteiger partial charge in [0.1, 0.15) is 22.3 Å². The standard InChI is InChI=1S/C18H11NO3.C12H9BO3.C6H4BrNO2.CH4/c20-19(21)16-10-3-1-6-12(16)14-8-5-9-15-13-7-2-4-11-17(13)22-18(14)15;14-13(15)10-6-3-5-9-8-4-1-2-7-11(8)16-12(9)10;7-5-3-1-2-4-6(5)8(9)10;/h1-11H;1-7,14-15H;1-4H;1H4. The van der Waals surface area contributed by atoms with E-state index >= 15 is 0 Å². The lowest BCUT2D eigenvalue weighted by atomic mass is 9.79. The molecule has 0 atom stereocenters. The first-order valence-corrected chi connectivity index (χ1v) is 15.3. The first-order chi connectivity index (χ1) is 23.2. The zero-order valence-electron chi connectivity index (χ0n) is 24.9. The summed E-state index contributed by atoms with van der Waals surface area (Å²) < 4.78 is 12.1. The largest absolute Gasteiger partial charge is 0.492 e. The lowest BCUT2D eigenvalue weighted by Gasteiger charge is -2.03. The molecule has 0 saturated carbocycles. The van der Waals surface area contributed by atoms with Crippen molar-refractivity contribution < 1.29 is 28.7 Å². The van der Waals surface area contributed by atoms with Crippen molar-refractivity contribution in [3.63, 3.8) is 0 Å². The number of benzene rings is 6. The van der Waals surface area contributed by atoms with Gasteiger partial charge >= 0.3 is 7.12 Å². The van der Waals surface area contributed by atoms with Gasteiger partial charge in [-0.3, -0.25) is 20.2 Å². The van der Waals surface area contributed by atoms with E-state index in [0.717, 1.165) is 38.3 Å². The Bertz CT molecular complexity index is 2440. The van der Waals surface area contributed by atoms with Gasteiger partial charge in [0.25, 0.3) is 11.4 Å². The molecule has 244 valence electrons. The quantitative estimate of drug-likeness (QED) is 0.104. The summed E-state index contributed by atoms with van der Waals surface area (Å²) >= 11 is 3.06. The molecule has 8 rings (SSSR count). The van der Waals surface area contributed by atoms with Crippen LogP contribution in [0.1, 0.15) is 7.43 Å². The van der Waals surface area contributed by atoms with Gasteiger partial charge in [-0.2, -0.15) is 0 Å². The Morgan fingerprint density at radius 1 is 0.531 bits per heavy atom. The van der Waals surface area contributed by atoms with Crippen molar-refractivity contribution >= 4 is 83.8 Å². The van der Waals surface area contributed by atoms with E-state index in [9.17, 15) is 30.3 Å². The van der Waals surface area contributed by atoms with Gasteiger partial charge in [0.15, 0.2) is 0 Å². The predicted molar refractivity (Wildman–Crippen MR) is 197 cm³/mol. The van der Waals surface area contributed by atoms with Crippen molar-refractivity contribution in [2.24, 2.45) is 0 Å². The van der Waals surface area contributed by atoms with Crippen LogP contribution in [0.15, 0.2) is 147 Å². The predicted octanol–water partition coefficient (Wildman–Crippen LogP) is 9.42. The Morgan fingerprint density at radius 2 is 0.980 bits per heavy atom. The van der Waals surface area contributed by atoms with E-state index in [1.807, 2.05) is 72.8 Å². The van der Waals surface area contributed by atoms with Gasteiger partial charge in [-0.05, 0) is 40.2 Å². The summed E-state index contributed by atoms with van der Waals surface area (Å²) in [4.78, 5) is 20.7. The van der Waals surface area contributed by atoms with E-state index in [4.69, 9.17) is 8.83 Å². The first kappa shape index (κ1) is 34.5. The fraction of sp³-hybridized carbons (Fsp3) is 0.0270. The Balaban J connectivity index is 0.000000153. The van der Waals surface area contributed by atoms with Gasteiger partial charge in [-0.25, -0.2) is 0 Å². The summed E-state index contributed by atoms with van der Waals surface area (Å²) in [6.45, 7) is 0. The normalized spacial score (nSPS) is 10.5. The third-order valence-electron chi connectivity index (χ3n) is 7.56. The van der Waals surface area contributed by atoms with Crippen LogP contribution in [0.25, 0.3) is 55.0 Å². The number of rotatable bonds is 4. The number of fused-ring (bicyclic) bond motifs is 6. The molecule has 8 aromatic rings. The summed E-state index contributed by atoms with van der Waals surface area (Å²) in [5.74, 6) is 0. The molecule has 49 heavy (non-hydrogen) atoms. The molecule has 2 heterocycles. The summed E-state index contributed by atoms with van der Waals surface area (Å²) in [6, 6.07) is 39.6. The molecule has 0 amide bonds. The van der Waals surface area contributed by atoms with Gasteiger partial charge < -0.3 is 18.9 Å². The van der Waals surface area contributed by atoms with Crippen LogP contribution >= 0.6 is 15.9 Å². The summed E-state index contributed by atoms with van der Waals surface area (Å²) in [5.41, 5.74) is 4.63. The van der Waals surface area contributed by atoms with Crippen LogP contribution in [0, 0.1) is 20.2 Å². The van der Waals surface area contributed by atoms with Gasteiger partial charge in [-0.1, -0.05) is 104 Å². The van der Waals surface area contributed by atoms with Crippen LogP contribution in [-0.2, 0) is 0 Å². The van der Waals surface area contributed by atoms with Crippen molar-refractivity contribution in [3.05, 3.63) is 158 Å². The minimum absolute atomic E-state index is 0. The zero-order chi connectivity index (χ0) is 33.8. The van der Waals surface area contributed by atoms with Crippen LogP contribution in [-0.4, -0.2) is 27.0 Å². The highest BCUT2D eigenvalue weighted by Gasteiger charge is 2.20. The maximum atomic E-state index is 11.3. The summed E-state index contributed by atoms with van der Waals surface area (Å²) in [6.07, 6.45) is 0. The second kappa shape index (κ2) is 14.9. The van der Waals surface area contributed by atoms with Crippen LogP contribution in [0.2, 0.25) is 0 Å². The molecule has 0 fully saturated rings. The van der Waals surface area contributed by atoms with E-state index in [0.29, 0.717) is 26.7 Å². The molecule has 0 bridgehead atoms. The molecule has 0 aliphatic rings. The molecule has 10 nitrogen and oxygen atoms in total. The fourth-order valence-electron chi connectivity index (χ4n) is 5.39. The Morgan fingerprint density at radius 3 is 1.55 bits per heavy atom. The van der Waals surface area contributed by atoms with E-state index in [-0.39, 0.29) is 23.7 Å². The lowest BCUT2D eigenvalue weighted by molar-refractivity contribution is -0.385. The smallest absolute Gasteiger partial charge is 0.456 e. The fourth-order valence-corrected chi connectivity index (χ4v) is 5.82. The van der Waals surface area contributed by atoms with Crippen molar-refractivity contribution in [3.8, 4) is 11.1 Å². The Hall–Kier alpha value is -5.82. The number of halogens is 1. The number of para-hydroxylation sites is 6. The highest BCUT2D eigenvalue weighted by atomic mass is 79.9. The molecule has 12 heteroatoms. The van der Waals surface area contributed by atoms with Crippen LogP contribution in [0.4, 0.5) is 11.4 Å². The number of nitrogens with zero attached hydrogens (tertiary/aromatic N) is 2. The van der Waals surface area contributed by atoms with E-state index in [1.165, 1.54) is 12.1 Å². The maximum absolute atomic E-state index is 11.3. The molecule has 0 aliphatic carbocycles. The number of furan rings is 2. The van der Waals surface area contributed by atoms with Crippen molar-refractivity contribution in [2.75, 3.05) is 0 Å². The minimum Gasteiger partial charge on any atom is -0.456 e. The number of hydrogen-bond acceptors (Lipinski definition) is 8. The molecule has 0 radical (unpaired) electrons. The van der Waals surface area contributed by atoms with Crippen LogP contribution in [0.3, 0.4) is 0 Å². The van der Waals surface area contributed by atoms with Crippen molar-refractivity contribution in [1.29, 1.82) is 0 Å². The molecular formula is C37H28BBrN2O8. The topological polar surface area (TPSA) is 153 Å². The van der Waals surface area contributed by atoms with E-state index in [2.05, 4.69) is 15.9 Å². The monoisotopic (exact) mass is 718 g/mol. The summed E-state index contributed by atoms with van der Waals surface area (Å²) in [7, 11) is -1.51. The average molecular weight is 719 g/mol. The second-order valence-corrected chi connectivity index (χ2v) is 11.3. The number of nitro benzene ring substituents is 2. The van der Waals surface area contributed by atoms with Crippen molar-refractivity contribution in [2.45, 2.75) is 7.43 Å². The number of hydrogen-bond donors (Lipinski definition) is 2. The highest BCUT2D eigenvalue weighted by molar-refractivity contribution is 9.10. The molecule has 0 unspecified atom stereocenters. The molecule has 2 aromatic heterocycles. The van der Waals surface area contributed by atoms with Gasteiger partial charge in [-0.15, -0.1) is 0 Å². The lowest BCUT2D eigenvalue weighted by Crippen LogP contribution is -2.29. The molecule has 2 N–H and O–H groups in total. The SMILES string of the molecule is C.O=[N+]([O-])c1ccccc1-c1cccc2c1oc1ccccc12.O=[N+]([O-])c1ccccc1Br.OB(O)c1cccc2c1oc1ccccc12. The first-order valence-electron chi connectivity index (χ1n) is 14.5. The van der Waals surface area contributed by atoms with Crippen LogP contribution < -0.4 is 5.46 Å². The second-order valence-electron chi connectivity index (χ2n) is 10.5. The third-order valence-corrected chi connectivity index (χ3v) is 8.23. The molecular weight excluding hydrogens is 691 g/mol. The molecule has 0 aliphatic heterocycles. The Labute approximate surface area is 288 Å². The minimum atomic E-state index is -1.51. The van der Waals surface area contributed by atoms with Crippen molar-refractivity contribution in [1.82, 2.24) is 0 Å². The average Bonchev–Trinajstić information content (AvgIpc) is 3.67. The zero-order valence-corrected chi connectivity index (χ0v) is 26.5. The Kier molecular flexibility index (Phi) is 10.5. The van der Waals surface area contributed by atoms with Gasteiger partial charge in [0.05, 0.1) is 19.9 Å². The molecule has 0 saturated heterocycles. The molecule has 0 spiro atoms. The number of nitro groups is 2. The van der Waals surface area contributed by atoms with Crippen LogP contribution in [0.5, 0.6) is 0 Å². The van der Waals surface area contributed by atoms with E-state index < -0.39 is 12.0 Å². The van der Waals surface area contributed by atoms with E-state index in [1.54, 1.807) is 48.5 Å². The highest BCUT2D eigenvalue weighted by Crippen LogP contribution is 2.38. The van der Waals surface area contributed by atoms with Gasteiger partial charge in [0.2, 0.25) is 0 Å². The molecule has 6 aromatic carbocycles. The van der Waals surface area contributed by atoms with Gasteiger partial charge in [0, 0.05) is 44.7 Å².